The molecule has 0 aromatic heterocycles. The lowest BCUT2D eigenvalue weighted by Gasteiger charge is -2.10. The Kier molecular flexibility index (Phi) is 5.97. The van der Waals surface area contributed by atoms with Crippen LogP contribution in [-0.2, 0) is 19.1 Å². The monoisotopic (exact) mass is 365 g/mol. The highest BCUT2D eigenvalue weighted by atomic mass is 79.9. The van der Waals surface area contributed by atoms with Crippen LogP contribution in [0.15, 0.2) is 28.4 Å². The topological polar surface area (TPSA) is 64.6 Å². The van der Waals surface area contributed by atoms with Gasteiger partial charge in [-0.1, -0.05) is 11.6 Å². The summed E-state index contributed by atoms with van der Waals surface area (Å²) in [5.41, 5.74) is -0.0339. The third kappa shape index (κ3) is 4.21. The van der Waals surface area contributed by atoms with E-state index in [4.69, 9.17) is 11.6 Å². The zero-order valence-corrected chi connectivity index (χ0v) is 12.8. The number of nitrogens with one attached hydrogen (secondary N) is 1. The minimum Gasteiger partial charge on any atom is -0.466 e. The van der Waals surface area contributed by atoms with Crippen LogP contribution in [0.3, 0.4) is 0 Å². The van der Waals surface area contributed by atoms with Crippen molar-refractivity contribution in [3.05, 3.63) is 39.2 Å². The molecule has 0 saturated carbocycles. The van der Waals surface area contributed by atoms with Crippen LogP contribution in [0.4, 0.5) is 10.1 Å². The fourth-order valence-electron chi connectivity index (χ4n) is 1.22. The maximum absolute atomic E-state index is 13.5. The van der Waals surface area contributed by atoms with Gasteiger partial charge in [0, 0.05) is 5.69 Å². The molecule has 0 aliphatic rings. The molecule has 1 aromatic carbocycles. The second-order valence-electron chi connectivity index (χ2n) is 3.45. The Hall–Kier alpha value is -1.60. The van der Waals surface area contributed by atoms with E-state index in [9.17, 15) is 14.0 Å². The van der Waals surface area contributed by atoms with Gasteiger partial charge in [0.2, 0.25) is 0 Å². The average molecular weight is 367 g/mol. The van der Waals surface area contributed by atoms with E-state index in [-0.39, 0.29) is 20.9 Å². The van der Waals surface area contributed by atoms with E-state index in [1.54, 1.807) is 0 Å². The summed E-state index contributed by atoms with van der Waals surface area (Å²) in [5, 5.41) is 2.65. The lowest BCUT2D eigenvalue weighted by Crippen LogP contribution is -2.15. The van der Waals surface area contributed by atoms with Gasteiger partial charge in [-0.15, -0.1) is 0 Å². The zero-order chi connectivity index (χ0) is 15.3. The molecule has 1 N–H and O–H groups in total. The summed E-state index contributed by atoms with van der Waals surface area (Å²) in [6.07, 6.45) is 0.889. The summed E-state index contributed by atoms with van der Waals surface area (Å²) < 4.78 is 22.5. The lowest BCUT2D eigenvalue weighted by molar-refractivity contribution is -0.138. The predicted octanol–water partition coefficient (Wildman–Crippen LogP) is 2.88. The Morgan fingerprint density at radius 1 is 1.35 bits per heavy atom. The van der Waals surface area contributed by atoms with E-state index in [1.807, 2.05) is 0 Å². The van der Waals surface area contributed by atoms with Crippen LogP contribution >= 0.6 is 27.5 Å². The standard InChI is InChI=1S/C12H10BrClFNO4/c1-19-10(17)5-9(12(18)20-2)16-6-3-7(14)11(13)8(15)4-6/h3-5,16H,1-2H3/b9-5+. The van der Waals surface area contributed by atoms with Crippen molar-refractivity contribution in [2.45, 2.75) is 0 Å². The summed E-state index contributed by atoms with van der Waals surface area (Å²) >= 11 is 8.75. The van der Waals surface area contributed by atoms with Crippen molar-refractivity contribution >= 4 is 45.2 Å². The number of hydrogen-bond donors (Lipinski definition) is 1. The van der Waals surface area contributed by atoms with Crippen molar-refractivity contribution in [2.75, 3.05) is 19.5 Å². The summed E-state index contributed by atoms with van der Waals surface area (Å²) in [4.78, 5) is 22.7. The van der Waals surface area contributed by atoms with Crippen molar-refractivity contribution in [3.8, 4) is 0 Å². The predicted molar refractivity (Wildman–Crippen MR) is 74.8 cm³/mol. The Morgan fingerprint density at radius 3 is 2.50 bits per heavy atom. The first kappa shape index (κ1) is 16.5. The molecule has 108 valence electrons. The highest BCUT2D eigenvalue weighted by molar-refractivity contribution is 9.10. The summed E-state index contributed by atoms with van der Waals surface area (Å²) in [7, 11) is 2.30. The number of rotatable bonds is 4. The first-order valence-corrected chi connectivity index (χ1v) is 6.35. The van der Waals surface area contributed by atoms with Crippen LogP contribution in [0, 0.1) is 5.82 Å². The summed E-state index contributed by atoms with van der Waals surface area (Å²) in [6.45, 7) is 0. The summed E-state index contributed by atoms with van der Waals surface area (Å²) in [6, 6.07) is 2.48. The van der Waals surface area contributed by atoms with Gasteiger partial charge in [-0.25, -0.2) is 14.0 Å². The number of ether oxygens (including phenoxy) is 2. The van der Waals surface area contributed by atoms with E-state index in [1.165, 1.54) is 6.07 Å². The molecule has 8 heteroatoms. The number of halogens is 3. The maximum Gasteiger partial charge on any atom is 0.354 e. The Balaban J connectivity index is 3.10. The number of methoxy groups -OCH3 is 2. The molecule has 1 rings (SSSR count). The molecule has 0 radical (unpaired) electrons. The van der Waals surface area contributed by atoms with E-state index in [0.29, 0.717) is 0 Å². The van der Waals surface area contributed by atoms with Crippen molar-refractivity contribution in [2.24, 2.45) is 0 Å². The molecule has 0 atom stereocenters. The third-order valence-electron chi connectivity index (χ3n) is 2.13. The number of esters is 2. The quantitative estimate of drug-likeness (QED) is 0.504. The van der Waals surface area contributed by atoms with Gasteiger partial charge < -0.3 is 14.8 Å². The third-order valence-corrected chi connectivity index (χ3v) is 3.46. The second kappa shape index (κ2) is 7.25. The van der Waals surface area contributed by atoms with E-state index in [0.717, 1.165) is 26.4 Å². The molecule has 1 aromatic rings. The molecule has 0 bridgehead atoms. The van der Waals surface area contributed by atoms with Crippen LogP contribution in [0.1, 0.15) is 0 Å². The average Bonchev–Trinajstić information content (AvgIpc) is 2.42. The van der Waals surface area contributed by atoms with E-state index in [2.05, 4.69) is 30.7 Å². The smallest absolute Gasteiger partial charge is 0.354 e. The Bertz CT molecular complexity index is 554. The maximum atomic E-state index is 13.5. The molecule has 0 saturated heterocycles. The molecule has 0 aliphatic heterocycles. The molecule has 20 heavy (non-hydrogen) atoms. The van der Waals surface area contributed by atoms with Crippen LogP contribution in [0.5, 0.6) is 0 Å². The van der Waals surface area contributed by atoms with E-state index < -0.39 is 17.8 Å². The second-order valence-corrected chi connectivity index (χ2v) is 4.65. The van der Waals surface area contributed by atoms with Gasteiger partial charge in [-0.3, -0.25) is 0 Å². The largest absolute Gasteiger partial charge is 0.466 e. The Morgan fingerprint density at radius 2 is 2.00 bits per heavy atom. The molecule has 0 heterocycles. The molecular formula is C12H10BrClFNO4. The molecule has 0 unspecified atom stereocenters. The number of benzene rings is 1. The molecule has 0 aliphatic carbocycles. The molecule has 5 nitrogen and oxygen atoms in total. The van der Waals surface area contributed by atoms with Crippen LogP contribution < -0.4 is 5.32 Å². The normalized spacial score (nSPS) is 10.9. The Labute approximate surface area is 127 Å². The first-order valence-electron chi connectivity index (χ1n) is 5.18. The van der Waals surface area contributed by atoms with Crippen LogP contribution in [0.25, 0.3) is 0 Å². The van der Waals surface area contributed by atoms with Gasteiger partial charge >= 0.3 is 11.9 Å². The minimum absolute atomic E-state index is 0.0984. The van der Waals surface area contributed by atoms with Crippen LogP contribution in [0.2, 0.25) is 5.02 Å². The van der Waals surface area contributed by atoms with E-state index >= 15 is 0 Å². The van der Waals surface area contributed by atoms with Crippen molar-refractivity contribution in [1.29, 1.82) is 0 Å². The highest BCUT2D eigenvalue weighted by Gasteiger charge is 2.14. The number of anilines is 1. The van der Waals surface area contributed by atoms with Gasteiger partial charge in [-0.2, -0.15) is 0 Å². The molecule has 0 amide bonds. The fraction of sp³-hybridized carbons (Fsp3) is 0.167. The van der Waals surface area contributed by atoms with Gasteiger partial charge in [-0.05, 0) is 28.1 Å². The zero-order valence-electron chi connectivity index (χ0n) is 10.5. The van der Waals surface area contributed by atoms with Gasteiger partial charge in [0.05, 0.1) is 29.8 Å². The fourth-order valence-corrected chi connectivity index (χ4v) is 1.65. The number of hydrogen-bond acceptors (Lipinski definition) is 5. The van der Waals surface area contributed by atoms with Crippen molar-refractivity contribution in [3.63, 3.8) is 0 Å². The highest BCUT2D eigenvalue weighted by Crippen LogP contribution is 2.29. The van der Waals surface area contributed by atoms with Crippen LogP contribution in [-0.4, -0.2) is 26.2 Å². The molecule has 0 spiro atoms. The van der Waals surface area contributed by atoms with Gasteiger partial charge in [0.15, 0.2) is 0 Å². The molecular weight excluding hydrogens is 356 g/mol. The SMILES string of the molecule is COC(=O)/C=C(/Nc1cc(F)c(Br)c(Cl)c1)C(=O)OC. The lowest BCUT2D eigenvalue weighted by atomic mass is 10.3. The van der Waals surface area contributed by atoms with Gasteiger partial charge in [0.25, 0.3) is 0 Å². The first-order chi connectivity index (χ1) is 9.38. The number of carbonyl (C=O) groups is 2. The van der Waals surface area contributed by atoms with Gasteiger partial charge in [0.1, 0.15) is 11.5 Å². The molecule has 0 fully saturated rings. The van der Waals surface area contributed by atoms with Crippen molar-refractivity contribution in [1.82, 2.24) is 0 Å². The van der Waals surface area contributed by atoms with Crippen molar-refractivity contribution < 1.29 is 23.5 Å². The summed E-state index contributed by atoms with van der Waals surface area (Å²) in [5.74, 6) is -2.20. The minimum atomic E-state index is -0.810. The number of carbonyl (C=O) groups excluding carboxylic acids is 2.